The van der Waals surface area contributed by atoms with E-state index in [1.165, 1.54) is 18.2 Å². The molecule has 0 unspecified atom stereocenters. The Hall–Kier alpha value is -2.21. The highest BCUT2D eigenvalue weighted by atomic mass is 35.5. The zero-order chi connectivity index (χ0) is 16.5. The lowest BCUT2D eigenvalue weighted by atomic mass is 10.1. The van der Waals surface area contributed by atoms with Gasteiger partial charge in [-0.1, -0.05) is 17.7 Å². The van der Waals surface area contributed by atoms with E-state index in [1.54, 1.807) is 19.1 Å². The van der Waals surface area contributed by atoms with Gasteiger partial charge in [-0.05, 0) is 42.8 Å². The molecule has 0 aliphatic carbocycles. The number of hydrogen-bond donors (Lipinski definition) is 2. The van der Waals surface area contributed by atoms with E-state index in [0.717, 1.165) is 11.6 Å². The maximum absolute atomic E-state index is 12.8. The van der Waals surface area contributed by atoms with Crippen LogP contribution in [0.3, 0.4) is 0 Å². The Morgan fingerprint density at radius 1 is 1.18 bits per heavy atom. The van der Waals surface area contributed by atoms with Crippen molar-refractivity contribution in [3.63, 3.8) is 0 Å². The molecule has 0 aliphatic rings. The Kier molecular flexibility index (Phi) is 4.32. The Morgan fingerprint density at radius 3 is 2.45 bits per heavy atom. The molecule has 0 heterocycles. The van der Waals surface area contributed by atoms with E-state index in [1.807, 2.05) is 0 Å². The van der Waals surface area contributed by atoms with E-state index >= 15 is 0 Å². The van der Waals surface area contributed by atoms with Crippen LogP contribution >= 0.6 is 11.6 Å². The normalized spacial score (nSPS) is 11.3. The van der Waals surface area contributed by atoms with Gasteiger partial charge in [0.05, 0.1) is 10.6 Å². The molecule has 2 rings (SSSR count). The second kappa shape index (κ2) is 5.88. The number of nitrogens with one attached hydrogen (secondary N) is 1. The summed E-state index contributed by atoms with van der Waals surface area (Å²) in [6.07, 6.45) is -4.54. The molecule has 0 aromatic heterocycles. The molecule has 0 bridgehead atoms. The monoisotopic (exact) mass is 328 g/mol. The minimum absolute atomic E-state index is 0.210. The summed E-state index contributed by atoms with van der Waals surface area (Å²) in [6, 6.07) is 8.20. The van der Waals surface area contributed by atoms with Crippen LogP contribution in [0.2, 0.25) is 5.02 Å². The van der Waals surface area contributed by atoms with Crippen molar-refractivity contribution in [1.29, 1.82) is 0 Å². The van der Waals surface area contributed by atoms with Crippen LogP contribution in [0.4, 0.5) is 24.5 Å². The first-order valence-corrected chi connectivity index (χ1v) is 6.60. The van der Waals surface area contributed by atoms with Crippen molar-refractivity contribution in [2.75, 3.05) is 5.32 Å². The number of carbonyl (C=O) groups is 1. The summed E-state index contributed by atoms with van der Waals surface area (Å²) < 4.78 is 38.5. The third-order valence-electron chi connectivity index (χ3n) is 3.07. The van der Waals surface area contributed by atoms with Crippen molar-refractivity contribution in [1.82, 2.24) is 0 Å². The average Bonchev–Trinajstić information content (AvgIpc) is 2.41. The third-order valence-corrected chi connectivity index (χ3v) is 3.40. The maximum atomic E-state index is 12.8. The molecule has 116 valence electrons. The SMILES string of the molecule is Cc1ccc(C(N)=O)cc1Nc1ccc(Cl)c(C(F)(F)F)c1. The van der Waals surface area contributed by atoms with E-state index in [-0.39, 0.29) is 16.3 Å². The van der Waals surface area contributed by atoms with E-state index in [0.29, 0.717) is 5.69 Å². The van der Waals surface area contributed by atoms with E-state index in [9.17, 15) is 18.0 Å². The number of primary amides is 1. The Morgan fingerprint density at radius 2 is 1.86 bits per heavy atom. The quantitative estimate of drug-likeness (QED) is 0.871. The maximum Gasteiger partial charge on any atom is 0.417 e. The molecular weight excluding hydrogens is 317 g/mol. The zero-order valence-electron chi connectivity index (χ0n) is 11.5. The highest BCUT2D eigenvalue weighted by Crippen LogP contribution is 2.37. The van der Waals surface area contributed by atoms with E-state index in [2.05, 4.69) is 5.32 Å². The molecule has 0 aliphatic heterocycles. The molecule has 7 heteroatoms. The third kappa shape index (κ3) is 3.51. The summed E-state index contributed by atoms with van der Waals surface area (Å²) in [6.45, 7) is 1.76. The van der Waals surface area contributed by atoms with Crippen LogP contribution in [-0.2, 0) is 6.18 Å². The Bertz CT molecular complexity index is 729. The fourth-order valence-corrected chi connectivity index (χ4v) is 2.11. The molecule has 0 radical (unpaired) electrons. The minimum atomic E-state index is -4.54. The topological polar surface area (TPSA) is 55.1 Å². The second-order valence-electron chi connectivity index (χ2n) is 4.71. The van der Waals surface area contributed by atoms with Crippen LogP contribution in [0.25, 0.3) is 0 Å². The lowest BCUT2D eigenvalue weighted by molar-refractivity contribution is -0.137. The number of benzene rings is 2. The Balaban J connectivity index is 2.39. The summed E-state index contributed by atoms with van der Waals surface area (Å²) in [5.74, 6) is -0.616. The number of halogens is 4. The van der Waals surface area contributed by atoms with Crippen LogP contribution in [0.5, 0.6) is 0 Å². The van der Waals surface area contributed by atoms with Gasteiger partial charge in [0.15, 0.2) is 0 Å². The molecule has 0 atom stereocenters. The fourth-order valence-electron chi connectivity index (χ4n) is 1.89. The number of amides is 1. The molecule has 22 heavy (non-hydrogen) atoms. The van der Waals surface area contributed by atoms with Gasteiger partial charge < -0.3 is 11.1 Å². The van der Waals surface area contributed by atoms with Crippen molar-refractivity contribution >= 4 is 28.9 Å². The van der Waals surface area contributed by atoms with Gasteiger partial charge in [0.2, 0.25) is 5.91 Å². The summed E-state index contributed by atoms with van der Waals surface area (Å²) in [7, 11) is 0. The van der Waals surface area contributed by atoms with Gasteiger partial charge in [-0.3, -0.25) is 4.79 Å². The van der Waals surface area contributed by atoms with Crippen molar-refractivity contribution in [2.45, 2.75) is 13.1 Å². The highest BCUT2D eigenvalue weighted by Gasteiger charge is 2.33. The molecule has 0 saturated heterocycles. The van der Waals surface area contributed by atoms with E-state index < -0.39 is 17.6 Å². The summed E-state index contributed by atoms with van der Waals surface area (Å²) in [4.78, 5) is 11.2. The molecule has 2 aromatic carbocycles. The molecular formula is C15H12ClF3N2O. The first-order valence-electron chi connectivity index (χ1n) is 6.22. The molecule has 0 spiro atoms. The predicted octanol–water partition coefficient (Wildman–Crippen LogP) is 4.51. The number of anilines is 2. The number of aryl methyl sites for hydroxylation is 1. The van der Waals surface area contributed by atoms with Gasteiger partial charge in [-0.25, -0.2) is 0 Å². The van der Waals surface area contributed by atoms with Crippen molar-refractivity contribution in [3.05, 3.63) is 58.1 Å². The summed E-state index contributed by atoms with van der Waals surface area (Å²) in [5, 5.41) is 2.47. The number of nitrogens with two attached hydrogens (primary N) is 1. The lowest BCUT2D eigenvalue weighted by Gasteiger charge is -2.14. The highest BCUT2D eigenvalue weighted by molar-refractivity contribution is 6.31. The van der Waals surface area contributed by atoms with Crippen LogP contribution in [-0.4, -0.2) is 5.91 Å². The minimum Gasteiger partial charge on any atom is -0.366 e. The fraction of sp³-hybridized carbons (Fsp3) is 0.133. The Labute approximate surface area is 129 Å². The summed E-state index contributed by atoms with van der Waals surface area (Å²) in [5.41, 5.74) is 5.99. The molecule has 3 nitrogen and oxygen atoms in total. The second-order valence-corrected chi connectivity index (χ2v) is 5.12. The van der Waals surface area contributed by atoms with Crippen molar-refractivity contribution < 1.29 is 18.0 Å². The summed E-state index contributed by atoms with van der Waals surface area (Å²) >= 11 is 5.57. The van der Waals surface area contributed by atoms with Gasteiger partial charge in [0.25, 0.3) is 0 Å². The predicted molar refractivity (Wildman–Crippen MR) is 79.4 cm³/mol. The largest absolute Gasteiger partial charge is 0.417 e. The van der Waals surface area contributed by atoms with Gasteiger partial charge in [0.1, 0.15) is 0 Å². The molecule has 2 aromatic rings. The van der Waals surface area contributed by atoms with Crippen molar-refractivity contribution in [2.24, 2.45) is 5.73 Å². The van der Waals surface area contributed by atoms with E-state index in [4.69, 9.17) is 17.3 Å². The first-order chi connectivity index (χ1) is 10.2. The standard InChI is InChI=1S/C15H12ClF3N2O/c1-8-2-3-9(14(20)22)6-13(8)21-10-4-5-12(16)11(7-10)15(17,18)19/h2-7,21H,1H3,(H2,20,22). The first kappa shape index (κ1) is 16.2. The number of alkyl halides is 3. The number of hydrogen-bond acceptors (Lipinski definition) is 2. The van der Waals surface area contributed by atoms with Crippen LogP contribution in [0.1, 0.15) is 21.5 Å². The molecule has 1 amide bonds. The van der Waals surface area contributed by atoms with Crippen LogP contribution < -0.4 is 11.1 Å². The number of rotatable bonds is 3. The molecule has 3 N–H and O–H groups in total. The lowest BCUT2D eigenvalue weighted by Crippen LogP contribution is -2.11. The van der Waals surface area contributed by atoms with Gasteiger partial charge in [-0.15, -0.1) is 0 Å². The van der Waals surface area contributed by atoms with Gasteiger partial charge in [0, 0.05) is 16.9 Å². The smallest absolute Gasteiger partial charge is 0.366 e. The zero-order valence-corrected chi connectivity index (χ0v) is 12.2. The van der Waals surface area contributed by atoms with Crippen LogP contribution in [0, 0.1) is 6.92 Å². The number of carbonyl (C=O) groups excluding carboxylic acids is 1. The average molecular weight is 329 g/mol. The van der Waals surface area contributed by atoms with Gasteiger partial charge >= 0.3 is 6.18 Å². The van der Waals surface area contributed by atoms with Gasteiger partial charge in [-0.2, -0.15) is 13.2 Å². The van der Waals surface area contributed by atoms with Crippen LogP contribution in [0.15, 0.2) is 36.4 Å². The van der Waals surface area contributed by atoms with Crippen molar-refractivity contribution in [3.8, 4) is 0 Å². The molecule has 0 saturated carbocycles. The molecule has 0 fully saturated rings.